The SMILES string of the molecule is CN1CCCCCC1C(=O)NCCOCc1ccccc1. The molecule has 4 nitrogen and oxygen atoms in total. The zero-order valence-electron chi connectivity index (χ0n) is 12.9. The van der Waals surface area contributed by atoms with Crippen LogP contribution in [0.3, 0.4) is 0 Å². The third-order valence-corrected chi connectivity index (χ3v) is 3.98. The smallest absolute Gasteiger partial charge is 0.237 e. The number of amides is 1. The number of likely N-dealkylation sites (N-methyl/N-ethyl adjacent to an activating group) is 1. The summed E-state index contributed by atoms with van der Waals surface area (Å²) in [6, 6.07) is 10.1. The van der Waals surface area contributed by atoms with Gasteiger partial charge in [-0.05, 0) is 32.0 Å². The Morgan fingerprint density at radius 2 is 2.10 bits per heavy atom. The molecule has 0 aromatic heterocycles. The Morgan fingerprint density at radius 3 is 2.90 bits per heavy atom. The van der Waals surface area contributed by atoms with Crippen LogP contribution in [-0.4, -0.2) is 43.6 Å². The van der Waals surface area contributed by atoms with Gasteiger partial charge < -0.3 is 10.1 Å². The molecule has 0 aliphatic carbocycles. The molecule has 4 heteroatoms. The molecule has 1 fully saturated rings. The molecule has 1 aromatic rings. The van der Waals surface area contributed by atoms with Gasteiger partial charge in [-0.25, -0.2) is 0 Å². The Hall–Kier alpha value is -1.39. The molecule has 0 radical (unpaired) electrons. The predicted octanol–water partition coefficient (Wildman–Crippen LogP) is 2.19. The lowest BCUT2D eigenvalue weighted by Crippen LogP contribution is -2.45. The second-order valence-electron chi connectivity index (χ2n) is 5.67. The molecule has 1 aliphatic rings. The van der Waals surface area contributed by atoms with Crippen molar-refractivity contribution < 1.29 is 9.53 Å². The van der Waals surface area contributed by atoms with Crippen LogP contribution in [0, 0.1) is 0 Å². The summed E-state index contributed by atoms with van der Waals surface area (Å²) >= 11 is 0. The van der Waals surface area contributed by atoms with Crippen molar-refractivity contribution in [2.24, 2.45) is 0 Å². The van der Waals surface area contributed by atoms with Gasteiger partial charge >= 0.3 is 0 Å². The van der Waals surface area contributed by atoms with E-state index in [0.717, 1.165) is 24.9 Å². The van der Waals surface area contributed by atoms with Crippen LogP contribution < -0.4 is 5.32 Å². The lowest BCUT2D eigenvalue weighted by Gasteiger charge is -2.24. The van der Waals surface area contributed by atoms with E-state index in [1.54, 1.807) is 0 Å². The van der Waals surface area contributed by atoms with Gasteiger partial charge in [0.2, 0.25) is 5.91 Å². The summed E-state index contributed by atoms with van der Waals surface area (Å²) < 4.78 is 5.58. The fourth-order valence-electron chi connectivity index (χ4n) is 2.71. The molecule has 1 amide bonds. The van der Waals surface area contributed by atoms with Gasteiger partial charge in [-0.3, -0.25) is 9.69 Å². The standard InChI is InChI=1S/C17H26N2O2/c1-19-12-7-3-6-10-16(19)17(20)18-11-13-21-14-15-8-4-2-5-9-15/h2,4-5,8-9,16H,3,6-7,10-14H2,1H3,(H,18,20). The van der Waals surface area contributed by atoms with E-state index in [4.69, 9.17) is 4.74 Å². The fraction of sp³-hybridized carbons (Fsp3) is 0.588. The number of nitrogens with one attached hydrogen (secondary N) is 1. The molecule has 116 valence electrons. The molecule has 1 unspecified atom stereocenters. The van der Waals surface area contributed by atoms with Crippen molar-refractivity contribution in [3.8, 4) is 0 Å². The average Bonchev–Trinajstić information content (AvgIpc) is 2.72. The first-order chi connectivity index (χ1) is 10.3. The van der Waals surface area contributed by atoms with Crippen LogP contribution in [0.2, 0.25) is 0 Å². The van der Waals surface area contributed by atoms with Crippen molar-refractivity contribution in [2.75, 3.05) is 26.7 Å². The van der Waals surface area contributed by atoms with E-state index in [2.05, 4.69) is 10.2 Å². The van der Waals surface area contributed by atoms with Crippen molar-refractivity contribution in [1.82, 2.24) is 10.2 Å². The summed E-state index contributed by atoms with van der Waals surface area (Å²) in [6.07, 6.45) is 4.54. The summed E-state index contributed by atoms with van der Waals surface area (Å²) in [4.78, 5) is 14.4. The van der Waals surface area contributed by atoms with Gasteiger partial charge in [-0.1, -0.05) is 43.2 Å². The Labute approximate surface area is 127 Å². The number of hydrogen-bond donors (Lipinski definition) is 1. The normalized spacial score (nSPS) is 20.0. The molecular formula is C17H26N2O2. The van der Waals surface area contributed by atoms with E-state index in [-0.39, 0.29) is 11.9 Å². The monoisotopic (exact) mass is 290 g/mol. The molecule has 0 spiro atoms. The van der Waals surface area contributed by atoms with Crippen LogP contribution in [0.1, 0.15) is 31.2 Å². The number of rotatable bonds is 6. The van der Waals surface area contributed by atoms with E-state index >= 15 is 0 Å². The highest BCUT2D eigenvalue weighted by atomic mass is 16.5. The maximum Gasteiger partial charge on any atom is 0.237 e. The van der Waals surface area contributed by atoms with E-state index in [0.29, 0.717) is 19.8 Å². The molecule has 21 heavy (non-hydrogen) atoms. The number of carbonyl (C=O) groups excluding carboxylic acids is 1. The fourth-order valence-corrected chi connectivity index (χ4v) is 2.71. The summed E-state index contributed by atoms with van der Waals surface area (Å²) in [5.41, 5.74) is 1.16. The summed E-state index contributed by atoms with van der Waals surface area (Å²) in [5.74, 6) is 0.141. The minimum absolute atomic E-state index is 0.0293. The predicted molar refractivity (Wildman–Crippen MR) is 84.0 cm³/mol. The minimum atomic E-state index is 0.0293. The summed E-state index contributed by atoms with van der Waals surface area (Å²) in [5, 5.41) is 2.99. The number of ether oxygens (including phenoxy) is 1. The van der Waals surface area contributed by atoms with Crippen molar-refractivity contribution in [2.45, 2.75) is 38.3 Å². The lowest BCUT2D eigenvalue weighted by molar-refractivity contribution is -0.126. The summed E-state index contributed by atoms with van der Waals surface area (Å²) in [7, 11) is 2.04. The van der Waals surface area contributed by atoms with Gasteiger partial charge in [0.1, 0.15) is 0 Å². The first-order valence-corrected chi connectivity index (χ1v) is 7.87. The molecular weight excluding hydrogens is 264 g/mol. The van der Waals surface area contributed by atoms with E-state index in [9.17, 15) is 4.79 Å². The third kappa shape index (κ3) is 5.48. The van der Waals surface area contributed by atoms with Gasteiger partial charge in [0.05, 0.1) is 19.3 Å². The average molecular weight is 290 g/mol. The van der Waals surface area contributed by atoms with Crippen molar-refractivity contribution in [3.63, 3.8) is 0 Å². The second kappa shape index (κ2) is 8.80. The van der Waals surface area contributed by atoms with Crippen LogP contribution in [0.4, 0.5) is 0 Å². The minimum Gasteiger partial charge on any atom is -0.375 e. The highest BCUT2D eigenvalue weighted by molar-refractivity contribution is 5.81. The molecule has 1 aliphatic heterocycles. The zero-order valence-corrected chi connectivity index (χ0v) is 12.9. The first-order valence-electron chi connectivity index (χ1n) is 7.87. The largest absolute Gasteiger partial charge is 0.375 e. The van der Waals surface area contributed by atoms with Gasteiger partial charge in [0, 0.05) is 6.54 Å². The molecule has 1 atom stereocenters. The van der Waals surface area contributed by atoms with E-state index in [1.165, 1.54) is 12.8 Å². The highest BCUT2D eigenvalue weighted by Gasteiger charge is 2.23. The van der Waals surface area contributed by atoms with Gasteiger partial charge in [0.25, 0.3) is 0 Å². The number of nitrogens with zero attached hydrogens (tertiary/aromatic N) is 1. The first kappa shape index (κ1) is 16.0. The molecule has 1 heterocycles. The molecule has 0 bridgehead atoms. The Balaban J connectivity index is 1.62. The van der Waals surface area contributed by atoms with Crippen LogP contribution >= 0.6 is 0 Å². The number of benzene rings is 1. The van der Waals surface area contributed by atoms with Crippen LogP contribution in [0.5, 0.6) is 0 Å². The summed E-state index contributed by atoms with van der Waals surface area (Å²) in [6.45, 7) is 2.75. The molecule has 2 rings (SSSR count). The Morgan fingerprint density at radius 1 is 1.29 bits per heavy atom. The Kier molecular flexibility index (Phi) is 6.70. The molecule has 1 aromatic carbocycles. The molecule has 1 N–H and O–H groups in total. The molecule has 0 saturated carbocycles. The van der Waals surface area contributed by atoms with Gasteiger partial charge in [-0.2, -0.15) is 0 Å². The third-order valence-electron chi connectivity index (χ3n) is 3.98. The van der Waals surface area contributed by atoms with Crippen molar-refractivity contribution in [3.05, 3.63) is 35.9 Å². The van der Waals surface area contributed by atoms with Crippen molar-refractivity contribution >= 4 is 5.91 Å². The quantitative estimate of drug-likeness (QED) is 0.817. The second-order valence-corrected chi connectivity index (χ2v) is 5.67. The Bertz CT molecular complexity index is 422. The molecule has 1 saturated heterocycles. The van der Waals surface area contributed by atoms with E-state index < -0.39 is 0 Å². The maximum absolute atomic E-state index is 12.2. The van der Waals surface area contributed by atoms with Gasteiger partial charge in [-0.15, -0.1) is 0 Å². The highest BCUT2D eigenvalue weighted by Crippen LogP contribution is 2.14. The van der Waals surface area contributed by atoms with Crippen molar-refractivity contribution in [1.29, 1.82) is 0 Å². The number of hydrogen-bond acceptors (Lipinski definition) is 3. The zero-order chi connectivity index (χ0) is 14.9. The lowest BCUT2D eigenvalue weighted by atomic mass is 10.1. The number of likely N-dealkylation sites (tertiary alicyclic amines) is 1. The number of carbonyl (C=O) groups is 1. The van der Waals surface area contributed by atoms with Gasteiger partial charge in [0.15, 0.2) is 0 Å². The van der Waals surface area contributed by atoms with E-state index in [1.807, 2.05) is 37.4 Å². The topological polar surface area (TPSA) is 41.6 Å². The van der Waals surface area contributed by atoms with Crippen LogP contribution in [-0.2, 0) is 16.1 Å². The maximum atomic E-state index is 12.2. The van der Waals surface area contributed by atoms with Crippen LogP contribution in [0.15, 0.2) is 30.3 Å². The van der Waals surface area contributed by atoms with Crippen LogP contribution in [0.25, 0.3) is 0 Å².